The van der Waals surface area contributed by atoms with E-state index in [-0.39, 0.29) is 15.7 Å². The van der Waals surface area contributed by atoms with Crippen molar-refractivity contribution >= 4 is 27.6 Å². The second-order valence-corrected chi connectivity index (χ2v) is 6.60. The fourth-order valence-electron chi connectivity index (χ4n) is 1.56. The second-order valence-electron chi connectivity index (χ2n) is 4.48. The largest absolute Gasteiger partial charge is 0.495 e. The minimum atomic E-state index is -4.06. The molecule has 0 aromatic heterocycles. The highest BCUT2D eigenvalue weighted by molar-refractivity contribution is 7.89. The molecular weight excluding hydrogens is 306 g/mol. The summed E-state index contributed by atoms with van der Waals surface area (Å²) in [7, 11) is -2.74. The van der Waals surface area contributed by atoms with Crippen LogP contribution in [0.2, 0.25) is 5.02 Å². The van der Waals surface area contributed by atoms with Crippen LogP contribution in [0.15, 0.2) is 23.1 Å². The van der Waals surface area contributed by atoms with E-state index in [4.69, 9.17) is 21.4 Å². The molecule has 1 rings (SSSR count). The average molecular weight is 322 g/mol. The Balaban J connectivity index is 3.23. The molecule has 0 spiro atoms. The molecule has 0 amide bonds. The van der Waals surface area contributed by atoms with Crippen molar-refractivity contribution in [2.75, 3.05) is 7.11 Å². The van der Waals surface area contributed by atoms with Crippen molar-refractivity contribution in [1.82, 2.24) is 4.72 Å². The van der Waals surface area contributed by atoms with Crippen LogP contribution in [0, 0.1) is 5.92 Å². The number of benzene rings is 1. The fourth-order valence-corrected chi connectivity index (χ4v) is 3.33. The molecule has 0 saturated heterocycles. The molecule has 8 heteroatoms. The summed E-state index contributed by atoms with van der Waals surface area (Å²) in [4.78, 5) is 10.9. The standard InChI is InChI=1S/C12H16ClNO5S/c1-7(2)11(12(15)16)14-20(17,18)10-6-8(13)4-5-9(10)19-3/h4-7,11,14H,1-3H3,(H,15,16)/t11-/m0/s1. The van der Waals surface area contributed by atoms with Crippen LogP contribution in [0.5, 0.6) is 5.75 Å². The summed E-state index contributed by atoms with van der Waals surface area (Å²) in [5.74, 6) is -1.56. The predicted molar refractivity (Wildman–Crippen MR) is 74.6 cm³/mol. The van der Waals surface area contributed by atoms with E-state index in [2.05, 4.69) is 4.72 Å². The molecule has 0 radical (unpaired) electrons. The zero-order valence-corrected chi connectivity index (χ0v) is 12.8. The molecule has 0 unspecified atom stereocenters. The van der Waals surface area contributed by atoms with Crippen molar-refractivity contribution in [3.63, 3.8) is 0 Å². The molecule has 0 fully saturated rings. The van der Waals surface area contributed by atoms with Gasteiger partial charge in [-0.05, 0) is 24.1 Å². The molecule has 112 valence electrons. The number of hydrogen-bond donors (Lipinski definition) is 2. The van der Waals surface area contributed by atoms with Crippen molar-refractivity contribution in [2.24, 2.45) is 5.92 Å². The lowest BCUT2D eigenvalue weighted by Crippen LogP contribution is -2.44. The van der Waals surface area contributed by atoms with Gasteiger partial charge < -0.3 is 9.84 Å². The Morgan fingerprint density at radius 1 is 1.40 bits per heavy atom. The Morgan fingerprint density at radius 2 is 2.00 bits per heavy atom. The normalized spacial score (nSPS) is 13.2. The van der Waals surface area contributed by atoms with Gasteiger partial charge in [-0.3, -0.25) is 4.79 Å². The zero-order valence-electron chi connectivity index (χ0n) is 11.3. The second kappa shape index (κ2) is 6.43. The topological polar surface area (TPSA) is 92.7 Å². The molecule has 0 aliphatic rings. The molecular formula is C12H16ClNO5S. The van der Waals surface area contributed by atoms with Gasteiger partial charge in [-0.15, -0.1) is 0 Å². The summed E-state index contributed by atoms with van der Waals surface area (Å²) in [6.45, 7) is 3.22. The third-order valence-corrected chi connectivity index (χ3v) is 4.33. The average Bonchev–Trinajstić information content (AvgIpc) is 2.35. The van der Waals surface area contributed by atoms with Crippen molar-refractivity contribution in [3.8, 4) is 5.75 Å². The molecule has 1 aromatic carbocycles. The third-order valence-electron chi connectivity index (χ3n) is 2.63. The molecule has 0 heterocycles. The first-order chi connectivity index (χ1) is 9.19. The van der Waals surface area contributed by atoms with Crippen LogP contribution in [0.25, 0.3) is 0 Å². The van der Waals surface area contributed by atoms with Crippen LogP contribution in [-0.2, 0) is 14.8 Å². The fraction of sp³-hybridized carbons (Fsp3) is 0.417. The van der Waals surface area contributed by atoms with Gasteiger partial charge in [-0.2, -0.15) is 4.72 Å². The summed E-state index contributed by atoms with van der Waals surface area (Å²) in [6, 6.07) is 2.87. The number of rotatable bonds is 6. The summed E-state index contributed by atoms with van der Waals surface area (Å²) in [5, 5.41) is 9.26. The van der Waals surface area contributed by atoms with Crippen LogP contribution in [0.1, 0.15) is 13.8 Å². The Kier molecular flexibility index (Phi) is 5.38. The van der Waals surface area contributed by atoms with Gasteiger partial charge in [0.1, 0.15) is 16.7 Å². The maximum Gasteiger partial charge on any atom is 0.322 e. The first kappa shape index (κ1) is 16.7. The van der Waals surface area contributed by atoms with Crippen molar-refractivity contribution in [3.05, 3.63) is 23.2 Å². The minimum absolute atomic E-state index is 0.0924. The summed E-state index contributed by atoms with van der Waals surface area (Å²) in [6.07, 6.45) is 0. The lowest BCUT2D eigenvalue weighted by atomic mass is 10.1. The number of nitrogens with one attached hydrogen (secondary N) is 1. The van der Waals surface area contributed by atoms with E-state index in [0.717, 1.165) is 0 Å². The van der Waals surface area contributed by atoms with Gasteiger partial charge in [0, 0.05) is 5.02 Å². The van der Waals surface area contributed by atoms with Crippen molar-refractivity contribution in [2.45, 2.75) is 24.8 Å². The number of halogens is 1. The van der Waals surface area contributed by atoms with E-state index in [9.17, 15) is 13.2 Å². The molecule has 0 aliphatic carbocycles. The Labute approximate surface area is 122 Å². The van der Waals surface area contributed by atoms with E-state index in [1.54, 1.807) is 13.8 Å². The van der Waals surface area contributed by atoms with E-state index in [1.807, 2.05) is 0 Å². The van der Waals surface area contributed by atoms with Crippen molar-refractivity contribution in [1.29, 1.82) is 0 Å². The molecule has 1 atom stereocenters. The number of aliphatic carboxylic acids is 1. The maximum atomic E-state index is 12.3. The van der Waals surface area contributed by atoms with Crippen LogP contribution in [0.4, 0.5) is 0 Å². The number of carboxylic acid groups (broad SMARTS) is 1. The molecule has 2 N–H and O–H groups in total. The van der Waals surface area contributed by atoms with Gasteiger partial charge in [0.25, 0.3) is 0 Å². The number of hydrogen-bond acceptors (Lipinski definition) is 4. The maximum absolute atomic E-state index is 12.3. The molecule has 0 aliphatic heterocycles. The molecule has 1 aromatic rings. The Bertz CT molecular complexity index is 600. The van der Waals surface area contributed by atoms with E-state index in [1.165, 1.54) is 25.3 Å². The minimum Gasteiger partial charge on any atom is -0.495 e. The number of carboxylic acids is 1. The van der Waals surface area contributed by atoms with Crippen LogP contribution in [0.3, 0.4) is 0 Å². The Morgan fingerprint density at radius 3 is 2.45 bits per heavy atom. The van der Waals surface area contributed by atoms with Gasteiger partial charge in [0.2, 0.25) is 10.0 Å². The first-order valence-corrected chi connectivity index (χ1v) is 7.64. The van der Waals surface area contributed by atoms with E-state index in [0.29, 0.717) is 0 Å². The first-order valence-electron chi connectivity index (χ1n) is 5.77. The smallest absolute Gasteiger partial charge is 0.322 e. The summed E-state index contributed by atoms with van der Waals surface area (Å²) < 4.78 is 31.6. The number of ether oxygens (including phenoxy) is 1. The van der Waals surface area contributed by atoms with Crippen LogP contribution >= 0.6 is 11.6 Å². The molecule has 0 bridgehead atoms. The monoisotopic (exact) mass is 321 g/mol. The van der Waals surface area contributed by atoms with Crippen LogP contribution < -0.4 is 9.46 Å². The predicted octanol–water partition coefficient (Wildman–Crippen LogP) is 1.74. The van der Waals surface area contributed by atoms with Gasteiger partial charge in [0.05, 0.1) is 7.11 Å². The lowest BCUT2D eigenvalue weighted by Gasteiger charge is -2.19. The highest BCUT2D eigenvalue weighted by atomic mass is 35.5. The summed E-state index contributed by atoms with van der Waals surface area (Å²) in [5.41, 5.74) is 0. The molecule has 20 heavy (non-hydrogen) atoms. The molecule has 6 nitrogen and oxygen atoms in total. The SMILES string of the molecule is COc1ccc(Cl)cc1S(=O)(=O)N[C@H](C(=O)O)C(C)C. The number of carbonyl (C=O) groups is 1. The highest BCUT2D eigenvalue weighted by Crippen LogP contribution is 2.27. The van der Waals surface area contributed by atoms with Gasteiger partial charge in [0.15, 0.2) is 0 Å². The van der Waals surface area contributed by atoms with Crippen LogP contribution in [-0.4, -0.2) is 32.6 Å². The van der Waals surface area contributed by atoms with Crippen molar-refractivity contribution < 1.29 is 23.1 Å². The summed E-state index contributed by atoms with van der Waals surface area (Å²) >= 11 is 5.78. The zero-order chi connectivity index (χ0) is 15.5. The van der Waals surface area contributed by atoms with Gasteiger partial charge in [-0.25, -0.2) is 8.42 Å². The van der Waals surface area contributed by atoms with E-state index < -0.39 is 28.0 Å². The molecule has 0 saturated carbocycles. The number of sulfonamides is 1. The Hall–Kier alpha value is -1.31. The third kappa shape index (κ3) is 3.84. The quantitative estimate of drug-likeness (QED) is 0.832. The van der Waals surface area contributed by atoms with E-state index >= 15 is 0 Å². The van der Waals surface area contributed by atoms with Gasteiger partial charge in [-0.1, -0.05) is 25.4 Å². The highest BCUT2D eigenvalue weighted by Gasteiger charge is 2.29. The number of methoxy groups -OCH3 is 1. The lowest BCUT2D eigenvalue weighted by molar-refractivity contribution is -0.140. The van der Waals surface area contributed by atoms with Gasteiger partial charge >= 0.3 is 5.97 Å².